The molecule has 19 heavy (non-hydrogen) atoms. The smallest absolute Gasteiger partial charge is 0.322 e. The Morgan fingerprint density at radius 2 is 2.11 bits per heavy atom. The molecule has 1 N–H and O–H groups in total. The van der Waals surface area contributed by atoms with Crippen LogP contribution in [-0.2, 0) is 9.53 Å². The Balaban J connectivity index is 2.07. The summed E-state index contributed by atoms with van der Waals surface area (Å²) in [5, 5.41) is 4.24. The number of furan rings is 1. The van der Waals surface area contributed by atoms with E-state index in [1.54, 1.807) is 13.8 Å². The van der Waals surface area contributed by atoms with Gasteiger partial charge in [-0.3, -0.25) is 10.1 Å². The SMILES string of the molecule is CCOC(=O)C(C)NC(C)c1cc2ccccc2o1. The first-order valence-electron chi connectivity index (χ1n) is 6.53. The fraction of sp³-hybridized carbons (Fsp3) is 0.400. The van der Waals surface area contributed by atoms with Gasteiger partial charge >= 0.3 is 5.97 Å². The topological polar surface area (TPSA) is 51.5 Å². The number of rotatable bonds is 5. The summed E-state index contributed by atoms with van der Waals surface area (Å²) in [7, 11) is 0. The number of esters is 1. The van der Waals surface area contributed by atoms with E-state index in [4.69, 9.17) is 9.15 Å². The molecule has 0 aliphatic heterocycles. The number of ether oxygens (including phenoxy) is 1. The first-order valence-corrected chi connectivity index (χ1v) is 6.53. The quantitative estimate of drug-likeness (QED) is 0.840. The summed E-state index contributed by atoms with van der Waals surface area (Å²) in [6, 6.07) is 9.43. The number of benzene rings is 1. The van der Waals surface area contributed by atoms with E-state index in [1.807, 2.05) is 37.3 Å². The van der Waals surface area contributed by atoms with Crippen LogP contribution in [0.1, 0.15) is 32.6 Å². The molecule has 102 valence electrons. The Hall–Kier alpha value is -1.81. The van der Waals surface area contributed by atoms with Crippen LogP contribution < -0.4 is 5.32 Å². The molecule has 0 saturated heterocycles. The zero-order valence-electron chi connectivity index (χ0n) is 11.5. The first kappa shape index (κ1) is 13.6. The Morgan fingerprint density at radius 1 is 1.37 bits per heavy atom. The molecule has 4 heteroatoms. The molecule has 1 aromatic heterocycles. The number of para-hydroxylation sites is 1. The Morgan fingerprint density at radius 3 is 2.79 bits per heavy atom. The van der Waals surface area contributed by atoms with E-state index in [0.717, 1.165) is 16.7 Å². The second-order valence-corrected chi connectivity index (χ2v) is 4.55. The maximum absolute atomic E-state index is 11.6. The second kappa shape index (κ2) is 5.89. The minimum Gasteiger partial charge on any atom is -0.465 e. The van der Waals surface area contributed by atoms with Crippen molar-refractivity contribution in [2.45, 2.75) is 32.9 Å². The van der Waals surface area contributed by atoms with E-state index in [1.165, 1.54) is 0 Å². The van der Waals surface area contributed by atoms with Crippen LogP contribution >= 0.6 is 0 Å². The van der Waals surface area contributed by atoms with Crippen molar-refractivity contribution in [3.8, 4) is 0 Å². The predicted octanol–water partition coefficient (Wildman–Crippen LogP) is 3.04. The Labute approximate surface area is 112 Å². The summed E-state index contributed by atoms with van der Waals surface area (Å²) in [6.45, 7) is 5.95. The standard InChI is InChI=1S/C15H19NO3/c1-4-18-15(17)11(3)16-10(2)14-9-12-7-5-6-8-13(12)19-14/h5-11,16H,4H2,1-3H3. The molecule has 2 rings (SSSR count). The first-order chi connectivity index (χ1) is 9.11. The number of carbonyl (C=O) groups is 1. The van der Waals surface area contributed by atoms with Gasteiger partial charge in [0.15, 0.2) is 0 Å². The van der Waals surface area contributed by atoms with Gasteiger partial charge < -0.3 is 9.15 Å². The highest BCUT2D eigenvalue weighted by Gasteiger charge is 2.19. The third-order valence-corrected chi connectivity index (χ3v) is 3.01. The van der Waals surface area contributed by atoms with Gasteiger partial charge in [0, 0.05) is 5.39 Å². The summed E-state index contributed by atoms with van der Waals surface area (Å²) < 4.78 is 10.7. The van der Waals surface area contributed by atoms with Crippen molar-refractivity contribution in [1.29, 1.82) is 0 Å². The van der Waals surface area contributed by atoms with Gasteiger partial charge in [0.25, 0.3) is 0 Å². The van der Waals surface area contributed by atoms with E-state index in [2.05, 4.69) is 5.32 Å². The lowest BCUT2D eigenvalue weighted by Gasteiger charge is -2.16. The van der Waals surface area contributed by atoms with E-state index < -0.39 is 0 Å². The molecule has 0 amide bonds. The molecule has 4 nitrogen and oxygen atoms in total. The Kier molecular flexibility index (Phi) is 4.22. The molecule has 0 aliphatic carbocycles. The number of hydrogen-bond acceptors (Lipinski definition) is 4. The number of hydrogen-bond donors (Lipinski definition) is 1. The summed E-state index contributed by atoms with van der Waals surface area (Å²) in [5.74, 6) is 0.572. The molecule has 0 fully saturated rings. The van der Waals surface area contributed by atoms with Gasteiger partial charge in [-0.2, -0.15) is 0 Å². The van der Waals surface area contributed by atoms with E-state index in [0.29, 0.717) is 6.61 Å². The average Bonchev–Trinajstić information content (AvgIpc) is 2.82. The molecule has 0 saturated carbocycles. The maximum atomic E-state index is 11.6. The van der Waals surface area contributed by atoms with Gasteiger partial charge in [-0.15, -0.1) is 0 Å². The van der Waals surface area contributed by atoms with Gasteiger partial charge in [0.1, 0.15) is 17.4 Å². The van der Waals surface area contributed by atoms with Crippen LogP contribution in [0.5, 0.6) is 0 Å². The van der Waals surface area contributed by atoms with Crippen molar-refractivity contribution < 1.29 is 13.9 Å². The van der Waals surface area contributed by atoms with Crippen molar-refractivity contribution in [2.24, 2.45) is 0 Å². The van der Waals surface area contributed by atoms with Crippen molar-refractivity contribution >= 4 is 16.9 Å². The van der Waals surface area contributed by atoms with Crippen molar-refractivity contribution in [3.05, 3.63) is 36.1 Å². The van der Waals surface area contributed by atoms with Crippen LogP contribution in [-0.4, -0.2) is 18.6 Å². The molecule has 0 spiro atoms. The van der Waals surface area contributed by atoms with Crippen LogP contribution in [0.25, 0.3) is 11.0 Å². The Bertz CT molecular complexity index is 528. The van der Waals surface area contributed by atoms with E-state index >= 15 is 0 Å². The number of carbonyl (C=O) groups excluding carboxylic acids is 1. The predicted molar refractivity (Wildman–Crippen MR) is 73.9 cm³/mol. The molecular weight excluding hydrogens is 242 g/mol. The minimum absolute atomic E-state index is 0.0493. The molecule has 1 heterocycles. The van der Waals surface area contributed by atoms with Gasteiger partial charge in [-0.05, 0) is 32.9 Å². The van der Waals surface area contributed by atoms with Crippen LogP contribution in [0, 0.1) is 0 Å². The summed E-state index contributed by atoms with van der Waals surface area (Å²) >= 11 is 0. The van der Waals surface area contributed by atoms with Crippen LogP contribution in [0.4, 0.5) is 0 Å². The monoisotopic (exact) mass is 261 g/mol. The third kappa shape index (κ3) is 3.15. The fourth-order valence-electron chi connectivity index (χ4n) is 2.01. The molecule has 1 aromatic carbocycles. The zero-order valence-corrected chi connectivity index (χ0v) is 11.5. The summed E-state index contributed by atoms with van der Waals surface area (Å²) in [5.41, 5.74) is 0.856. The third-order valence-electron chi connectivity index (χ3n) is 3.01. The van der Waals surface area contributed by atoms with E-state index in [9.17, 15) is 4.79 Å². The minimum atomic E-state index is -0.358. The number of fused-ring (bicyclic) bond motifs is 1. The highest BCUT2D eigenvalue weighted by atomic mass is 16.5. The molecule has 2 aromatic rings. The highest BCUT2D eigenvalue weighted by Crippen LogP contribution is 2.23. The van der Waals surface area contributed by atoms with Gasteiger partial charge in [-0.1, -0.05) is 18.2 Å². The lowest BCUT2D eigenvalue weighted by molar-refractivity contribution is -0.145. The van der Waals surface area contributed by atoms with Crippen LogP contribution in [0.2, 0.25) is 0 Å². The van der Waals surface area contributed by atoms with Crippen LogP contribution in [0.15, 0.2) is 34.7 Å². The lowest BCUT2D eigenvalue weighted by Crippen LogP contribution is -2.36. The molecule has 0 radical (unpaired) electrons. The van der Waals surface area contributed by atoms with Gasteiger partial charge in [0.2, 0.25) is 0 Å². The highest BCUT2D eigenvalue weighted by molar-refractivity contribution is 5.78. The van der Waals surface area contributed by atoms with Crippen molar-refractivity contribution in [2.75, 3.05) is 6.61 Å². The molecule has 0 bridgehead atoms. The molecule has 0 aliphatic rings. The van der Waals surface area contributed by atoms with Gasteiger partial charge in [-0.25, -0.2) is 0 Å². The maximum Gasteiger partial charge on any atom is 0.322 e. The fourth-order valence-corrected chi connectivity index (χ4v) is 2.01. The summed E-state index contributed by atoms with van der Waals surface area (Å²) in [6.07, 6.45) is 0. The number of nitrogens with one attached hydrogen (secondary N) is 1. The molecule has 2 atom stereocenters. The molecule has 2 unspecified atom stereocenters. The van der Waals surface area contributed by atoms with Crippen LogP contribution in [0.3, 0.4) is 0 Å². The van der Waals surface area contributed by atoms with Crippen molar-refractivity contribution in [1.82, 2.24) is 5.32 Å². The largest absolute Gasteiger partial charge is 0.465 e. The lowest BCUT2D eigenvalue weighted by atomic mass is 10.2. The van der Waals surface area contributed by atoms with Crippen molar-refractivity contribution in [3.63, 3.8) is 0 Å². The van der Waals surface area contributed by atoms with E-state index in [-0.39, 0.29) is 18.1 Å². The zero-order chi connectivity index (χ0) is 13.8. The molecular formula is C15H19NO3. The van der Waals surface area contributed by atoms with Gasteiger partial charge in [0.05, 0.1) is 12.6 Å². The average molecular weight is 261 g/mol. The second-order valence-electron chi connectivity index (χ2n) is 4.55. The normalized spacial score (nSPS) is 14.3. The summed E-state index contributed by atoms with van der Waals surface area (Å²) in [4.78, 5) is 11.6.